The van der Waals surface area contributed by atoms with E-state index in [4.69, 9.17) is 16.3 Å². The van der Waals surface area contributed by atoms with Gasteiger partial charge in [0.15, 0.2) is 11.6 Å². The first-order chi connectivity index (χ1) is 19.4. The molecule has 3 aromatic rings. The third-order valence-electron chi connectivity index (χ3n) is 6.68. The number of rotatable bonds is 6. The van der Waals surface area contributed by atoms with Crippen molar-refractivity contribution >= 4 is 29.4 Å². The number of hydrogen-bond acceptors (Lipinski definition) is 7. The molecule has 1 amide bonds. The Hall–Kier alpha value is -4.04. The number of ether oxygens (including phenoxy) is 2. The van der Waals surface area contributed by atoms with E-state index < -0.39 is 53.0 Å². The van der Waals surface area contributed by atoms with E-state index in [0.717, 1.165) is 4.90 Å². The van der Waals surface area contributed by atoms with Gasteiger partial charge in [-0.15, -0.1) is 0 Å². The number of carbonyl (C=O) groups excluding carboxylic acids is 3. The smallest absolute Gasteiger partial charge is 0.453 e. The summed E-state index contributed by atoms with van der Waals surface area (Å²) in [6.07, 6.45) is -3.82. The molecule has 3 heterocycles. The molecule has 9 nitrogen and oxygen atoms in total. The van der Waals surface area contributed by atoms with E-state index >= 15 is 8.78 Å². The highest BCUT2D eigenvalue weighted by Crippen LogP contribution is 2.38. The van der Waals surface area contributed by atoms with Crippen LogP contribution in [0.4, 0.5) is 22.0 Å². The third kappa shape index (κ3) is 5.75. The number of carbonyl (C=O) groups is 3. The summed E-state index contributed by atoms with van der Waals surface area (Å²) in [4.78, 5) is 36.9. The lowest BCUT2D eigenvalue weighted by Gasteiger charge is -2.29. The zero-order valence-corrected chi connectivity index (χ0v) is 21.6. The van der Waals surface area contributed by atoms with Gasteiger partial charge in [-0.05, 0) is 43.2 Å². The van der Waals surface area contributed by atoms with Crippen LogP contribution in [-0.2, 0) is 14.3 Å². The van der Waals surface area contributed by atoms with Gasteiger partial charge in [-0.2, -0.15) is 18.3 Å². The zero-order chi connectivity index (χ0) is 29.5. The Balaban J connectivity index is 1.39. The summed E-state index contributed by atoms with van der Waals surface area (Å²) in [5.41, 5.74) is 0.287. The number of hydrogen-bond donors (Lipinski definition) is 1. The molecule has 2 aliphatic heterocycles. The fourth-order valence-electron chi connectivity index (χ4n) is 4.57. The zero-order valence-electron chi connectivity index (χ0n) is 20.9. The molecule has 0 aliphatic carbocycles. The van der Waals surface area contributed by atoms with Crippen molar-refractivity contribution in [3.63, 3.8) is 0 Å². The molecule has 0 spiro atoms. The predicted molar refractivity (Wildman–Crippen MR) is 132 cm³/mol. The number of halogens is 6. The van der Waals surface area contributed by atoms with E-state index in [1.54, 1.807) is 23.0 Å². The van der Waals surface area contributed by atoms with Crippen LogP contribution in [0, 0.1) is 11.6 Å². The number of aromatic nitrogens is 2. The predicted octanol–water partition coefficient (Wildman–Crippen LogP) is 4.66. The van der Waals surface area contributed by atoms with Crippen LogP contribution in [0.2, 0.25) is 5.02 Å². The molecule has 1 N–H and O–H groups in total. The number of nitrogens with one attached hydrogen (secondary N) is 1. The molecule has 15 heteroatoms. The van der Waals surface area contributed by atoms with Gasteiger partial charge in [-0.25, -0.2) is 18.4 Å². The van der Waals surface area contributed by atoms with Gasteiger partial charge in [0, 0.05) is 42.5 Å². The molecule has 216 valence electrons. The molecule has 0 radical (unpaired) electrons. The van der Waals surface area contributed by atoms with Crippen molar-refractivity contribution in [1.29, 1.82) is 0 Å². The second kappa shape index (κ2) is 11.1. The minimum atomic E-state index is -5.42. The topological polar surface area (TPSA) is 103 Å². The van der Waals surface area contributed by atoms with Crippen LogP contribution in [0.5, 0.6) is 11.5 Å². The Morgan fingerprint density at radius 1 is 1.02 bits per heavy atom. The normalized spacial score (nSPS) is 17.3. The lowest BCUT2D eigenvalue weighted by Crippen LogP contribution is -2.44. The fourth-order valence-corrected chi connectivity index (χ4v) is 4.74. The summed E-state index contributed by atoms with van der Waals surface area (Å²) in [5.74, 6) is -8.31. The molecule has 2 aliphatic rings. The summed E-state index contributed by atoms with van der Waals surface area (Å²) < 4.78 is 79.1. The van der Waals surface area contributed by atoms with E-state index in [0.29, 0.717) is 41.5 Å². The van der Waals surface area contributed by atoms with Crippen LogP contribution in [0.1, 0.15) is 29.2 Å². The van der Waals surface area contributed by atoms with E-state index in [1.807, 2.05) is 0 Å². The lowest BCUT2D eigenvalue weighted by atomic mass is 10.1. The van der Waals surface area contributed by atoms with E-state index in [2.05, 4.69) is 15.2 Å². The molecule has 1 atom stereocenters. The maximum Gasteiger partial charge on any atom is 0.491 e. The van der Waals surface area contributed by atoms with Crippen LogP contribution < -0.4 is 10.1 Å². The SMILES string of the molecule is O=C(OC(=O)C(F)(F)F)[C@@H]1CCCN1C(=O)c1cc(F)c(Oc2ccc(Cl)cc2-c2ccnn2C2CNC2)cc1F. The molecular formula is C26H20ClF5N4O5. The van der Waals surface area contributed by atoms with Gasteiger partial charge in [0.2, 0.25) is 0 Å². The van der Waals surface area contributed by atoms with Crippen LogP contribution in [0.25, 0.3) is 11.3 Å². The average Bonchev–Trinajstić information content (AvgIpc) is 3.55. The molecule has 2 saturated heterocycles. The monoisotopic (exact) mass is 598 g/mol. The van der Waals surface area contributed by atoms with Crippen molar-refractivity contribution in [2.75, 3.05) is 19.6 Å². The van der Waals surface area contributed by atoms with E-state index in [-0.39, 0.29) is 31.2 Å². The Kier molecular flexibility index (Phi) is 7.70. The highest BCUT2D eigenvalue weighted by atomic mass is 35.5. The number of likely N-dealkylation sites (tertiary alicyclic amines) is 1. The second-order valence-electron chi connectivity index (χ2n) is 9.34. The van der Waals surface area contributed by atoms with Crippen molar-refractivity contribution in [2.24, 2.45) is 0 Å². The van der Waals surface area contributed by atoms with Crippen LogP contribution in [0.15, 0.2) is 42.6 Å². The summed E-state index contributed by atoms with van der Waals surface area (Å²) >= 11 is 6.19. The van der Waals surface area contributed by atoms with Gasteiger partial charge in [-0.3, -0.25) is 9.48 Å². The quantitative estimate of drug-likeness (QED) is 0.250. The van der Waals surface area contributed by atoms with Crippen LogP contribution >= 0.6 is 11.6 Å². The summed E-state index contributed by atoms with van der Waals surface area (Å²) in [7, 11) is 0. The maximum absolute atomic E-state index is 15.2. The minimum absolute atomic E-state index is 0.0737. The van der Waals surface area contributed by atoms with Gasteiger partial charge in [0.1, 0.15) is 17.6 Å². The Labute approximate surface area is 233 Å². The number of benzene rings is 2. The highest BCUT2D eigenvalue weighted by molar-refractivity contribution is 6.31. The highest BCUT2D eigenvalue weighted by Gasteiger charge is 2.45. The summed E-state index contributed by atoms with van der Waals surface area (Å²) in [6.45, 7) is 1.22. The third-order valence-corrected chi connectivity index (χ3v) is 6.91. The van der Waals surface area contributed by atoms with Gasteiger partial charge >= 0.3 is 18.1 Å². The van der Waals surface area contributed by atoms with E-state index in [9.17, 15) is 27.6 Å². The first-order valence-corrected chi connectivity index (χ1v) is 12.7. The fraction of sp³-hybridized carbons (Fsp3) is 0.308. The van der Waals surface area contributed by atoms with Crippen LogP contribution in [-0.4, -0.2) is 64.4 Å². The molecule has 1 aromatic heterocycles. The van der Waals surface area contributed by atoms with Crippen molar-refractivity contribution in [1.82, 2.24) is 20.0 Å². The van der Waals surface area contributed by atoms with Crippen molar-refractivity contribution in [3.05, 3.63) is 64.8 Å². The number of amides is 1. The average molecular weight is 599 g/mol. The molecule has 41 heavy (non-hydrogen) atoms. The first kappa shape index (κ1) is 28.5. The van der Waals surface area contributed by atoms with Gasteiger partial charge < -0.3 is 19.7 Å². The summed E-state index contributed by atoms with van der Waals surface area (Å²) in [5, 5.41) is 7.83. The Bertz CT molecular complexity index is 1520. The van der Waals surface area contributed by atoms with Gasteiger partial charge in [0.25, 0.3) is 5.91 Å². The Morgan fingerprint density at radius 3 is 2.46 bits per heavy atom. The first-order valence-electron chi connectivity index (χ1n) is 12.3. The minimum Gasteiger partial charge on any atom is -0.453 e. The molecule has 2 fully saturated rings. The lowest BCUT2D eigenvalue weighted by molar-refractivity contribution is -0.203. The van der Waals surface area contributed by atoms with E-state index in [1.165, 1.54) is 12.1 Å². The number of esters is 2. The van der Waals surface area contributed by atoms with Crippen molar-refractivity contribution < 1.29 is 45.8 Å². The Morgan fingerprint density at radius 2 is 1.78 bits per heavy atom. The maximum atomic E-state index is 15.2. The molecule has 2 aromatic carbocycles. The molecule has 0 bridgehead atoms. The second-order valence-corrected chi connectivity index (χ2v) is 9.78. The number of alkyl halides is 3. The van der Waals surface area contributed by atoms with Crippen molar-refractivity contribution in [2.45, 2.75) is 31.1 Å². The van der Waals surface area contributed by atoms with Gasteiger partial charge in [0.05, 0.1) is 17.3 Å². The standard InChI is InChI=1S/C26H20ClF5N4O5/c27-13-3-4-21(16(8-13)19-5-6-34-36(19)14-11-33-12-14)40-22-10-17(28)15(9-18(22)29)23(37)35-7-1-2-20(35)24(38)41-25(39)26(30,31)32/h3-6,8-10,14,20,33H,1-2,7,11-12H2/t20-/m0/s1. The molecule has 0 unspecified atom stereocenters. The number of nitrogens with zero attached hydrogens (tertiary/aromatic N) is 3. The molecule has 5 rings (SSSR count). The summed E-state index contributed by atoms with van der Waals surface area (Å²) in [6, 6.07) is 5.96. The molecule has 0 saturated carbocycles. The largest absolute Gasteiger partial charge is 0.491 e. The molecular weight excluding hydrogens is 579 g/mol. The van der Waals surface area contributed by atoms with Crippen molar-refractivity contribution in [3.8, 4) is 22.8 Å². The van der Waals surface area contributed by atoms with Gasteiger partial charge in [-0.1, -0.05) is 11.6 Å². The van der Waals surface area contributed by atoms with Crippen LogP contribution in [0.3, 0.4) is 0 Å².